The monoisotopic (exact) mass is 186 g/mol. The van der Waals surface area contributed by atoms with E-state index in [1.165, 1.54) is 25.9 Å². The Balaban J connectivity index is 3.88. The van der Waals surface area contributed by atoms with E-state index in [0.717, 1.165) is 19.1 Å². The maximum Gasteiger partial charge on any atom is 0.0220 e. The first-order chi connectivity index (χ1) is 6.29. The molecule has 0 aliphatic heterocycles. The van der Waals surface area contributed by atoms with Gasteiger partial charge in [-0.15, -0.1) is 0 Å². The maximum atomic E-state index is 3.44. The molecular formula is C11H26N2. The molecule has 1 N–H and O–H groups in total. The highest BCUT2D eigenvalue weighted by molar-refractivity contribution is 4.71. The fourth-order valence-corrected chi connectivity index (χ4v) is 1.80. The molecule has 0 bridgehead atoms. The van der Waals surface area contributed by atoms with Gasteiger partial charge in [-0.3, -0.25) is 4.90 Å². The van der Waals surface area contributed by atoms with Crippen molar-refractivity contribution in [3.8, 4) is 0 Å². The van der Waals surface area contributed by atoms with Gasteiger partial charge >= 0.3 is 0 Å². The summed E-state index contributed by atoms with van der Waals surface area (Å²) in [5.41, 5.74) is 0. The minimum atomic E-state index is 0.736. The van der Waals surface area contributed by atoms with E-state index in [9.17, 15) is 0 Å². The molecule has 0 rings (SSSR count). The van der Waals surface area contributed by atoms with Gasteiger partial charge in [-0.1, -0.05) is 34.1 Å². The molecule has 0 spiro atoms. The van der Waals surface area contributed by atoms with Crippen LogP contribution in [0.2, 0.25) is 0 Å². The van der Waals surface area contributed by atoms with Crippen LogP contribution in [0.15, 0.2) is 0 Å². The molecule has 0 aliphatic carbocycles. The van der Waals surface area contributed by atoms with Gasteiger partial charge in [-0.05, 0) is 26.1 Å². The topological polar surface area (TPSA) is 15.3 Å². The van der Waals surface area contributed by atoms with Crippen molar-refractivity contribution in [3.63, 3.8) is 0 Å². The Bertz CT molecular complexity index is 100. The first kappa shape index (κ1) is 12.9. The standard InChI is InChI=1S/C11H26N2/c1-5-9-11(10-12-6-2)13(7-3)8-4/h11-12H,5-10H2,1-4H3. The lowest BCUT2D eigenvalue weighted by atomic mass is 10.1. The highest BCUT2D eigenvalue weighted by atomic mass is 15.2. The minimum Gasteiger partial charge on any atom is -0.315 e. The number of nitrogens with one attached hydrogen (secondary N) is 1. The lowest BCUT2D eigenvalue weighted by Crippen LogP contribution is -2.42. The van der Waals surface area contributed by atoms with Gasteiger partial charge < -0.3 is 5.32 Å². The van der Waals surface area contributed by atoms with Gasteiger partial charge in [-0.25, -0.2) is 0 Å². The van der Waals surface area contributed by atoms with Crippen LogP contribution in [-0.4, -0.2) is 37.1 Å². The quantitative estimate of drug-likeness (QED) is 0.624. The normalized spacial score (nSPS) is 13.6. The Kier molecular flexibility index (Phi) is 8.46. The average Bonchev–Trinajstić information content (AvgIpc) is 2.16. The number of rotatable bonds is 8. The smallest absolute Gasteiger partial charge is 0.0220 e. The highest BCUT2D eigenvalue weighted by Gasteiger charge is 2.13. The van der Waals surface area contributed by atoms with E-state index in [2.05, 4.69) is 37.9 Å². The minimum absolute atomic E-state index is 0.736. The summed E-state index contributed by atoms with van der Waals surface area (Å²) in [7, 11) is 0. The molecule has 0 aromatic heterocycles. The highest BCUT2D eigenvalue weighted by Crippen LogP contribution is 2.05. The zero-order valence-electron chi connectivity index (χ0n) is 9.77. The summed E-state index contributed by atoms with van der Waals surface area (Å²) in [6.07, 6.45) is 2.60. The Labute approximate surface area is 83.7 Å². The van der Waals surface area contributed by atoms with E-state index in [1.807, 2.05) is 0 Å². The Morgan fingerprint density at radius 1 is 1.08 bits per heavy atom. The van der Waals surface area contributed by atoms with Gasteiger partial charge in [0, 0.05) is 12.6 Å². The largest absolute Gasteiger partial charge is 0.315 e. The molecule has 0 radical (unpaired) electrons. The van der Waals surface area contributed by atoms with Crippen molar-refractivity contribution < 1.29 is 0 Å². The fraction of sp³-hybridized carbons (Fsp3) is 1.00. The molecular weight excluding hydrogens is 160 g/mol. The van der Waals surface area contributed by atoms with Gasteiger partial charge in [-0.2, -0.15) is 0 Å². The molecule has 2 nitrogen and oxygen atoms in total. The molecule has 1 unspecified atom stereocenters. The number of hydrogen-bond donors (Lipinski definition) is 1. The van der Waals surface area contributed by atoms with Crippen molar-refractivity contribution >= 4 is 0 Å². The van der Waals surface area contributed by atoms with E-state index < -0.39 is 0 Å². The van der Waals surface area contributed by atoms with Crippen molar-refractivity contribution in [1.29, 1.82) is 0 Å². The third kappa shape index (κ3) is 5.27. The summed E-state index contributed by atoms with van der Waals surface area (Å²) in [5.74, 6) is 0. The lowest BCUT2D eigenvalue weighted by Gasteiger charge is -2.29. The number of likely N-dealkylation sites (N-methyl/N-ethyl adjacent to an activating group) is 2. The third-order valence-corrected chi connectivity index (χ3v) is 2.58. The summed E-state index contributed by atoms with van der Waals surface area (Å²) in [5, 5.41) is 3.44. The first-order valence-electron chi connectivity index (χ1n) is 5.74. The van der Waals surface area contributed by atoms with Crippen LogP contribution in [0.25, 0.3) is 0 Å². The molecule has 0 aliphatic rings. The molecule has 0 fully saturated rings. The summed E-state index contributed by atoms with van der Waals surface area (Å²) >= 11 is 0. The maximum absolute atomic E-state index is 3.44. The van der Waals surface area contributed by atoms with Crippen LogP contribution in [-0.2, 0) is 0 Å². The zero-order valence-corrected chi connectivity index (χ0v) is 9.77. The Morgan fingerprint density at radius 3 is 2.08 bits per heavy atom. The zero-order chi connectivity index (χ0) is 10.1. The van der Waals surface area contributed by atoms with E-state index in [4.69, 9.17) is 0 Å². The second-order valence-corrected chi connectivity index (χ2v) is 3.47. The van der Waals surface area contributed by atoms with Crippen LogP contribution >= 0.6 is 0 Å². The number of hydrogen-bond acceptors (Lipinski definition) is 2. The lowest BCUT2D eigenvalue weighted by molar-refractivity contribution is 0.200. The van der Waals surface area contributed by atoms with Crippen molar-refractivity contribution in [2.45, 2.75) is 46.6 Å². The van der Waals surface area contributed by atoms with Crippen LogP contribution in [0.4, 0.5) is 0 Å². The molecule has 1 atom stereocenters. The van der Waals surface area contributed by atoms with Crippen LogP contribution in [0.3, 0.4) is 0 Å². The molecule has 0 saturated heterocycles. The van der Waals surface area contributed by atoms with E-state index in [-0.39, 0.29) is 0 Å². The molecule has 0 saturated carbocycles. The summed E-state index contributed by atoms with van der Waals surface area (Å²) in [4.78, 5) is 2.55. The molecule has 0 aromatic rings. The molecule has 0 aromatic carbocycles. The molecule has 80 valence electrons. The summed E-state index contributed by atoms with van der Waals surface area (Å²) in [6.45, 7) is 13.5. The first-order valence-corrected chi connectivity index (χ1v) is 5.74. The molecule has 0 amide bonds. The fourth-order valence-electron chi connectivity index (χ4n) is 1.80. The molecule has 0 heterocycles. The van der Waals surface area contributed by atoms with Crippen LogP contribution in [0, 0.1) is 0 Å². The van der Waals surface area contributed by atoms with Gasteiger partial charge in [0.2, 0.25) is 0 Å². The van der Waals surface area contributed by atoms with E-state index in [0.29, 0.717) is 0 Å². The van der Waals surface area contributed by atoms with Gasteiger partial charge in [0.25, 0.3) is 0 Å². The average molecular weight is 186 g/mol. The SMILES string of the molecule is CCCC(CNCC)N(CC)CC. The van der Waals surface area contributed by atoms with Crippen molar-refractivity contribution in [1.82, 2.24) is 10.2 Å². The predicted molar refractivity (Wildman–Crippen MR) is 60.2 cm³/mol. The molecule has 2 heteroatoms. The van der Waals surface area contributed by atoms with Crippen molar-refractivity contribution in [3.05, 3.63) is 0 Å². The molecule has 13 heavy (non-hydrogen) atoms. The van der Waals surface area contributed by atoms with Crippen LogP contribution in [0.5, 0.6) is 0 Å². The van der Waals surface area contributed by atoms with Gasteiger partial charge in [0.15, 0.2) is 0 Å². The van der Waals surface area contributed by atoms with Gasteiger partial charge in [0.1, 0.15) is 0 Å². The van der Waals surface area contributed by atoms with E-state index >= 15 is 0 Å². The van der Waals surface area contributed by atoms with Crippen LogP contribution in [0.1, 0.15) is 40.5 Å². The second kappa shape index (κ2) is 8.52. The van der Waals surface area contributed by atoms with E-state index in [1.54, 1.807) is 0 Å². The van der Waals surface area contributed by atoms with Crippen LogP contribution < -0.4 is 5.32 Å². The Morgan fingerprint density at radius 2 is 1.69 bits per heavy atom. The van der Waals surface area contributed by atoms with Crippen molar-refractivity contribution in [2.75, 3.05) is 26.2 Å². The van der Waals surface area contributed by atoms with Crippen molar-refractivity contribution in [2.24, 2.45) is 0 Å². The predicted octanol–water partition coefficient (Wildman–Crippen LogP) is 2.11. The summed E-state index contributed by atoms with van der Waals surface area (Å²) < 4.78 is 0. The van der Waals surface area contributed by atoms with Gasteiger partial charge in [0.05, 0.1) is 0 Å². The summed E-state index contributed by atoms with van der Waals surface area (Å²) in [6, 6.07) is 0.736. The number of nitrogens with zero attached hydrogens (tertiary/aromatic N) is 1. The second-order valence-electron chi connectivity index (χ2n) is 3.47. The third-order valence-electron chi connectivity index (χ3n) is 2.58. The Hall–Kier alpha value is -0.0800.